The monoisotopic (exact) mass is 383 g/mol. The Labute approximate surface area is 163 Å². The van der Waals surface area contributed by atoms with E-state index in [1.807, 2.05) is 13.8 Å². The van der Waals surface area contributed by atoms with Gasteiger partial charge in [-0.15, -0.1) is 0 Å². The summed E-state index contributed by atoms with van der Waals surface area (Å²) in [5.74, 6) is -0.407. The summed E-state index contributed by atoms with van der Waals surface area (Å²) < 4.78 is 10.0. The van der Waals surface area contributed by atoms with Gasteiger partial charge in [0.05, 0.1) is 7.11 Å². The summed E-state index contributed by atoms with van der Waals surface area (Å²) in [7, 11) is 1.34. The van der Waals surface area contributed by atoms with Gasteiger partial charge in [0, 0.05) is 5.41 Å². The van der Waals surface area contributed by atoms with Crippen LogP contribution in [0.5, 0.6) is 0 Å². The van der Waals surface area contributed by atoms with E-state index in [9.17, 15) is 14.4 Å². The van der Waals surface area contributed by atoms with E-state index >= 15 is 0 Å². The van der Waals surface area contributed by atoms with E-state index in [1.54, 1.807) is 20.8 Å². The quantitative estimate of drug-likeness (QED) is 0.575. The molecule has 0 spiro atoms. The minimum absolute atomic E-state index is 0.0556. The molecule has 156 valence electrons. The molecule has 0 unspecified atom stereocenters. The van der Waals surface area contributed by atoms with Crippen molar-refractivity contribution in [3.8, 4) is 0 Å². The topological polar surface area (TPSA) is 81.7 Å². The van der Waals surface area contributed by atoms with Crippen LogP contribution in [0.3, 0.4) is 0 Å². The summed E-state index contributed by atoms with van der Waals surface area (Å²) in [5, 5.41) is 2.67. The molecule has 0 bridgehead atoms. The fourth-order valence-electron chi connectivity index (χ4n) is 3.83. The van der Waals surface area contributed by atoms with Crippen LogP contribution in [0.15, 0.2) is 0 Å². The van der Waals surface area contributed by atoms with Crippen LogP contribution in [0.25, 0.3) is 0 Å². The van der Waals surface area contributed by atoms with Gasteiger partial charge >= 0.3 is 12.1 Å². The molecule has 2 fully saturated rings. The molecular weight excluding hydrogens is 346 g/mol. The van der Waals surface area contributed by atoms with Crippen LogP contribution in [0.2, 0.25) is 0 Å². The molecule has 1 atom stereocenters. The average Bonchev–Trinajstić information content (AvgIpc) is 3.21. The standard InChI is InChI=1S/C14H25NO4.C7H12O/c1-13(2,3)19-12(17)15-10(11(16)18-5)14(4)8-6-7-9-14;1-7(6-8)4-2-3-5-7/h10H,6-9H2,1-5H3,(H,15,17);6H,2-5H2,1H3/t10-;/m1./s1. The lowest BCUT2D eigenvalue weighted by atomic mass is 9.80. The molecule has 0 radical (unpaired) electrons. The number of alkyl carbamates (subject to hydrolysis) is 1. The number of aldehydes is 1. The van der Waals surface area contributed by atoms with E-state index in [0.717, 1.165) is 44.8 Å². The minimum Gasteiger partial charge on any atom is -0.467 e. The van der Waals surface area contributed by atoms with Gasteiger partial charge in [-0.25, -0.2) is 9.59 Å². The molecule has 0 heterocycles. The van der Waals surface area contributed by atoms with Gasteiger partial charge in [-0.05, 0) is 51.9 Å². The van der Waals surface area contributed by atoms with Crippen LogP contribution in [-0.4, -0.2) is 37.1 Å². The summed E-state index contributed by atoms with van der Waals surface area (Å²) >= 11 is 0. The lowest BCUT2D eigenvalue weighted by molar-refractivity contribution is -0.146. The second kappa shape index (κ2) is 9.56. The Hall–Kier alpha value is -1.59. The maximum Gasteiger partial charge on any atom is 0.408 e. The maximum atomic E-state index is 11.9. The van der Waals surface area contributed by atoms with Crippen LogP contribution in [0.4, 0.5) is 4.79 Å². The lowest BCUT2D eigenvalue weighted by Gasteiger charge is -2.33. The summed E-state index contributed by atoms with van der Waals surface area (Å²) in [4.78, 5) is 34.1. The number of hydrogen-bond donors (Lipinski definition) is 1. The molecular formula is C21H37NO5. The molecule has 2 aliphatic rings. The molecule has 0 aromatic heterocycles. The summed E-state index contributed by atoms with van der Waals surface area (Å²) in [6.45, 7) is 9.43. The average molecular weight is 384 g/mol. The lowest BCUT2D eigenvalue weighted by Crippen LogP contribution is -2.52. The molecule has 2 rings (SSSR count). The van der Waals surface area contributed by atoms with Gasteiger partial charge in [-0.1, -0.05) is 39.5 Å². The summed E-state index contributed by atoms with van der Waals surface area (Å²) in [6.07, 6.45) is 9.19. The number of rotatable bonds is 4. The molecule has 6 nitrogen and oxygen atoms in total. The van der Waals surface area contributed by atoms with Gasteiger partial charge in [0.15, 0.2) is 0 Å². The smallest absolute Gasteiger partial charge is 0.408 e. The second-order valence-corrected chi connectivity index (χ2v) is 9.44. The van der Waals surface area contributed by atoms with Crippen molar-refractivity contribution in [1.29, 1.82) is 0 Å². The van der Waals surface area contributed by atoms with Crippen molar-refractivity contribution in [3.63, 3.8) is 0 Å². The zero-order chi connectivity index (χ0) is 20.7. The zero-order valence-electron chi connectivity index (χ0n) is 17.9. The highest BCUT2D eigenvalue weighted by Crippen LogP contribution is 2.41. The highest BCUT2D eigenvalue weighted by Gasteiger charge is 2.43. The van der Waals surface area contributed by atoms with Crippen LogP contribution in [-0.2, 0) is 19.1 Å². The number of hydrogen-bond acceptors (Lipinski definition) is 5. The van der Waals surface area contributed by atoms with Crippen LogP contribution >= 0.6 is 0 Å². The number of esters is 1. The maximum absolute atomic E-state index is 11.9. The first-order valence-electron chi connectivity index (χ1n) is 9.98. The van der Waals surface area contributed by atoms with E-state index in [4.69, 9.17) is 9.47 Å². The zero-order valence-corrected chi connectivity index (χ0v) is 17.9. The first-order valence-corrected chi connectivity index (χ1v) is 9.98. The van der Waals surface area contributed by atoms with E-state index < -0.39 is 23.7 Å². The molecule has 1 N–H and O–H groups in total. The van der Waals surface area contributed by atoms with E-state index in [0.29, 0.717) is 0 Å². The Morgan fingerprint density at radius 1 is 1.00 bits per heavy atom. The molecule has 0 aromatic carbocycles. The van der Waals surface area contributed by atoms with E-state index in [-0.39, 0.29) is 10.8 Å². The fourth-order valence-corrected chi connectivity index (χ4v) is 3.83. The highest BCUT2D eigenvalue weighted by molar-refractivity contribution is 5.82. The van der Waals surface area contributed by atoms with Crippen molar-refractivity contribution in [3.05, 3.63) is 0 Å². The Morgan fingerprint density at radius 2 is 1.48 bits per heavy atom. The molecule has 6 heteroatoms. The molecule has 2 saturated carbocycles. The first kappa shape index (κ1) is 23.4. The molecule has 27 heavy (non-hydrogen) atoms. The van der Waals surface area contributed by atoms with Gasteiger partial charge in [0.2, 0.25) is 0 Å². The van der Waals surface area contributed by atoms with Crippen LogP contribution in [0.1, 0.15) is 86.0 Å². The van der Waals surface area contributed by atoms with Crippen LogP contribution in [0, 0.1) is 10.8 Å². The number of carbonyl (C=O) groups excluding carboxylic acids is 3. The third kappa shape index (κ3) is 7.51. The van der Waals surface area contributed by atoms with Crippen molar-refractivity contribution in [2.24, 2.45) is 10.8 Å². The number of nitrogens with one attached hydrogen (secondary N) is 1. The van der Waals surface area contributed by atoms with Crippen molar-refractivity contribution in [1.82, 2.24) is 5.32 Å². The molecule has 1 amide bonds. The number of carbonyl (C=O) groups is 3. The van der Waals surface area contributed by atoms with Crippen molar-refractivity contribution >= 4 is 18.3 Å². The molecule has 0 saturated heterocycles. The molecule has 0 aromatic rings. The van der Waals surface area contributed by atoms with Gasteiger partial charge in [0.25, 0.3) is 0 Å². The van der Waals surface area contributed by atoms with Crippen molar-refractivity contribution in [2.45, 2.75) is 97.6 Å². The Balaban J connectivity index is 0.000000377. The Bertz CT molecular complexity index is 511. The SMILES string of the molecule is CC1(C=O)CCCC1.COC(=O)[C@@H](NC(=O)OC(C)(C)C)C1(C)CCCC1. The van der Waals surface area contributed by atoms with Gasteiger partial charge < -0.3 is 19.6 Å². The summed E-state index contributed by atoms with van der Waals surface area (Å²) in [5.41, 5.74) is -0.772. The largest absolute Gasteiger partial charge is 0.467 e. The summed E-state index contributed by atoms with van der Waals surface area (Å²) in [6, 6.07) is -0.644. The number of amides is 1. The molecule has 0 aliphatic heterocycles. The van der Waals surface area contributed by atoms with Gasteiger partial charge in [0.1, 0.15) is 17.9 Å². The third-order valence-corrected chi connectivity index (χ3v) is 5.57. The first-order chi connectivity index (χ1) is 12.4. The predicted molar refractivity (Wildman–Crippen MR) is 104 cm³/mol. The van der Waals surface area contributed by atoms with Crippen molar-refractivity contribution < 1.29 is 23.9 Å². The predicted octanol–water partition coefficient (Wildman–Crippen LogP) is 4.40. The number of methoxy groups -OCH3 is 1. The second-order valence-electron chi connectivity index (χ2n) is 9.44. The minimum atomic E-state index is -0.644. The van der Waals surface area contributed by atoms with Crippen LogP contribution < -0.4 is 5.32 Å². The van der Waals surface area contributed by atoms with E-state index in [1.165, 1.54) is 20.0 Å². The van der Waals surface area contributed by atoms with Crippen molar-refractivity contribution in [2.75, 3.05) is 7.11 Å². The molecule has 2 aliphatic carbocycles. The van der Waals surface area contributed by atoms with E-state index in [2.05, 4.69) is 5.32 Å². The third-order valence-electron chi connectivity index (χ3n) is 5.57. The fraction of sp³-hybridized carbons (Fsp3) is 0.857. The Kier molecular flexibility index (Phi) is 8.30. The highest BCUT2D eigenvalue weighted by atomic mass is 16.6. The Morgan fingerprint density at radius 3 is 1.85 bits per heavy atom. The number of ether oxygens (including phenoxy) is 2. The van der Waals surface area contributed by atoms with Gasteiger partial charge in [-0.2, -0.15) is 0 Å². The van der Waals surface area contributed by atoms with Gasteiger partial charge in [-0.3, -0.25) is 0 Å². The normalized spacial score (nSPS) is 21.4.